The van der Waals surface area contributed by atoms with Gasteiger partial charge >= 0.3 is 0 Å². The Kier molecular flexibility index (Phi) is 5.85. The predicted molar refractivity (Wildman–Crippen MR) is 134 cm³/mol. The normalized spacial score (nSPS) is 16.6. The lowest BCUT2D eigenvalue weighted by Gasteiger charge is -2.23. The lowest BCUT2D eigenvalue weighted by Crippen LogP contribution is -2.32. The van der Waals surface area contributed by atoms with Crippen molar-refractivity contribution in [2.45, 2.75) is 48.9 Å². The quantitative estimate of drug-likeness (QED) is 0.413. The molecule has 0 saturated heterocycles. The minimum absolute atomic E-state index is 0.0886. The van der Waals surface area contributed by atoms with E-state index in [1.807, 2.05) is 41.3 Å². The topological polar surface area (TPSA) is 58.5 Å². The van der Waals surface area contributed by atoms with Crippen LogP contribution in [0.25, 0.3) is 5.70 Å². The van der Waals surface area contributed by atoms with Gasteiger partial charge in [0.25, 0.3) is 5.91 Å². The first-order chi connectivity index (χ1) is 16.1. The second kappa shape index (κ2) is 8.94. The van der Waals surface area contributed by atoms with Gasteiger partial charge in [0, 0.05) is 39.7 Å². The van der Waals surface area contributed by atoms with Gasteiger partial charge in [-0.3, -0.25) is 19.8 Å². The van der Waals surface area contributed by atoms with Gasteiger partial charge in [0.15, 0.2) is 0 Å². The van der Waals surface area contributed by atoms with E-state index in [1.54, 1.807) is 30.4 Å². The van der Waals surface area contributed by atoms with Crippen LogP contribution in [0.15, 0.2) is 82.4 Å². The number of nitrogens with zero attached hydrogens (tertiary/aromatic N) is 4. The standard InChI is InChI=1S/C27H26N4OS/c1-4-17(2)26(22-16-28-13-14-29-22)30-18(3)19-9-12-23-25(15-19)33-24-8-6-5-7-21(24)27(32)31(23)20-10-11-20/h5-9,12-17,20H,3-4,10-11H2,1-2H3/b30-26+. The van der Waals surface area contributed by atoms with Crippen LogP contribution < -0.4 is 4.90 Å². The Morgan fingerprint density at radius 1 is 1.21 bits per heavy atom. The van der Waals surface area contributed by atoms with Crippen molar-refractivity contribution in [3.05, 3.63) is 84.5 Å². The molecule has 1 unspecified atom stereocenters. The maximum Gasteiger partial charge on any atom is 0.259 e. The molecule has 1 aliphatic carbocycles. The molecule has 6 heteroatoms. The molecule has 5 rings (SSSR count). The average molecular weight is 455 g/mol. The second-order valence-corrected chi connectivity index (χ2v) is 9.61. The number of benzene rings is 2. The van der Waals surface area contributed by atoms with E-state index < -0.39 is 0 Å². The highest BCUT2D eigenvalue weighted by Crippen LogP contribution is 2.46. The molecule has 0 radical (unpaired) electrons. The van der Waals surface area contributed by atoms with Crippen molar-refractivity contribution < 1.29 is 4.79 Å². The second-order valence-electron chi connectivity index (χ2n) is 8.53. The maximum atomic E-state index is 13.4. The summed E-state index contributed by atoms with van der Waals surface area (Å²) in [6.07, 6.45) is 8.15. The van der Waals surface area contributed by atoms with Gasteiger partial charge in [-0.15, -0.1) is 0 Å². The zero-order valence-electron chi connectivity index (χ0n) is 18.9. The summed E-state index contributed by atoms with van der Waals surface area (Å²) in [4.78, 5) is 31.0. The first-order valence-electron chi connectivity index (χ1n) is 11.4. The molecule has 1 fully saturated rings. The summed E-state index contributed by atoms with van der Waals surface area (Å²) in [6.45, 7) is 8.56. The molecular weight excluding hydrogens is 428 g/mol. The summed E-state index contributed by atoms with van der Waals surface area (Å²) >= 11 is 1.64. The molecule has 1 amide bonds. The fourth-order valence-electron chi connectivity index (χ4n) is 4.01. The number of aliphatic imine (C=N–C) groups is 1. The van der Waals surface area contributed by atoms with Gasteiger partial charge in [-0.25, -0.2) is 0 Å². The van der Waals surface area contributed by atoms with Gasteiger partial charge in [0.1, 0.15) is 5.69 Å². The van der Waals surface area contributed by atoms with E-state index in [1.165, 1.54) is 0 Å². The van der Waals surface area contributed by atoms with Gasteiger partial charge in [0.2, 0.25) is 0 Å². The summed E-state index contributed by atoms with van der Waals surface area (Å²) in [6, 6.07) is 14.3. The van der Waals surface area contributed by atoms with E-state index in [2.05, 4.69) is 36.5 Å². The molecule has 2 aliphatic rings. The average Bonchev–Trinajstić information content (AvgIpc) is 3.69. The van der Waals surface area contributed by atoms with Gasteiger partial charge in [-0.1, -0.05) is 50.4 Å². The van der Waals surface area contributed by atoms with Gasteiger partial charge in [0.05, 0.1) is 28.9 Å². The van der Waals surface area contributed by atoms with Crippen molar-refractivity contribution in [2.24, 2.45) is 10.9 Å². The molecule has 0 N–H and O–H groups in total. The highest BCUT2D eigenvalue weighted by atomic mass is 32.2. The fraction of sp³-hybridized carbons (Fsp3) is 0.259. The van der Waals surface area contributed by atoms with Crippen molar-refractivity contribution in [1.29, 1.82) is 0 Å². The van der Waals surface area contributed by atoms with Crippen LogP contribution in [0.1, 0.15) is 54.7 Å². The number of aromatic nitrogens is 2. The number of hydrogen-bond acceptors (Lipinski definition) is 5. The van der Waals surface area contributed by atoms with Crippen LogP contribution in [-0.4, -0.2) is 27.6 Å². The predicted octanol–water partition coefficient (Wildman–Crippen LogP) is 6.26. The largest absolute Gasteiger partial charge is 0.304 e. The van der Waals surface area contributed by atoms with Gasteiger partial charge < -0.3 is 4.90 Å². The SMILES string of the molecule is C=C(/N=C(/c1cnccn1)C(C)CC)c1ccc2c(c1)Sc1ccccc1C(=O)N2C1CC1. The third-order valence-corrected chi connectivity index (χ3v) is 7.30. The van der Waals surface area contributed by atoms with Gasteiger partial charge in [-0.2, -0.15) is 0 Å². The molecule has 2 aromatic carbocycles. The number of amides is 1. The number of anilines is 1. The molecule has 166 valence electrons. The van der Waals surface area contributed by atoms with E-state index in [0.717, 1.165) is 57.3 Å². The lowest BCUT2D eigenvalue weighted by molar-refractivity contribution is 0.0982. The Morgan fingerprint density at radius 3 is 2.76 bits per heavy atom. The Hall–Kier alpha value is -3.25. The molecule has 1 atom stereocenters. The Balaban J connectivity index is 1.55. The van der Waals surface area contributed by atoms with Crippen molar-refractivity contribution in [3.8, 4) is 0 Å². The molecule has 5 nitrogen and oxygen atoms in total. The summed E-state index contributed by atoms with van der Waals surface area (Å²) in [5, 5.41) is 0. The maximum absolute atomic E-state index is 13.4. The molecule has 1 aromatic heterocycles. The van der Waals surface area contributed by atoms with Crippen molar-refractivity contribution >= 4 is 34.8 Å². The third-order valence-electron chi connectivity index (χ3n) is 6.18. The number of fused-ring (bicyclic) bond motifs is 2. The summed E-state index contributed by atoms with van der Waals surface area (Å²) in [5.41, 5.74) is 5.02. The smallest absolute Gasteiger partial charge is 0.259 e. The molecule has 1 saturated carbocycles. The number of carbonyl (C=O) groups excluding carboxylic acids is 1. The molecular formula is C27H26N4OS. The molecule has 2 heterocycles. The van der Waals surface area contributed by atoms with E-state index in [4.69, 9.17) is 4.99 Å². The summed E-state index contributed by atoms with van der Waals surface area (Å²) in [7, 11) is 0. The molecule has 0 bridgehead atoms. The number of rotatable bonds is 6. The molecule has 3 aromatic rings. The van der Waals surface area contributed by atoms with E-state index in [0.29, 0.717) is 5.70 Å². The fourth-order valence-corrected chi connectivity index (χ4v) is 5.12. The zero-order chi connectivity index (χ0) is 22.9. The highest BCUT2D eigenvalue weighted by Gasteiger charge is 2.38. The van der Waals surface area contributed by atoms with Crippen LogP contribution in [0.5, 0.6) is 0 Å². The van der Waals surface area contributed by atoms with Crippen LogP contribution in [0.3, 0.4) is 0 Å². The Morgan fingerprint density at radius 2 is 2.03 bits per heavy atom. The van der Waals surface area contributed by atoms with E-state index in [9.17, 15) is 4.79 Å². The summed E-state index contributed by atoms with van der Waals surface area (Å²) in [5.74, 6) is 0.314. The van der Waals surface area contributed by atoms with Gasteiger partial charge in [-0.05, 0) is 43.5 Å². The molecule has 1 aliphatic heterocycles. The number of carbonyl (C=O) groups is 1. The minimum Gasteiger partial charge on any atom is -0.304 e. The van der Waals surface area contributed by atoms with Crippen LogP contribution in [-0.2, 0) is 0 Å². The monoisotopic (exact) mass is 454 g/mol. The van der Waals surface area contributed by atoms with Crippen molar-refractivity contribution in [3.63, 3.8) is 0 Å². The van der Waals surface area contributed by atoms with Crippen molar-refractivity contribution in [2.75, 3.05) is 4.90 Å². The third kappa shape index (κ3) is 4.23. The molecule has 0 spiro atoms. The minimum atomic E-state index is 0.0886. The first-order valence-corrected chi connectivity index (χ1v) is 12.2. The zero-order valence-corrected chi connectivity index (χ0v) is 19.7. The van der Waals surface area contributed by atoms with Crippen LogP contribution in [0, 0.1) is 5.92 Å². The van der Waals surface area contributed by atoms with E-state index in [-0.39, 0.29) is 17.9 Å². The van der Waals surface area contributed by atoms with E-state index >= 15 is 0 Å². The summed E-state index contributed by atoms with van der Waals surface area (Å²) < 4.78 is 0. The molecule has 33 heavy (non-hydrogen) atoms. The lowest BCUT2D eigenvalue weighted by atomic mass is 9.99. The first kappa shape index (κ1) is 21.6. The Labute approximate surface area is 198 Å². The van der Waals surface area contributed by atoms with Crippen LogP contribution >= 0.6 is 11.8 Å². The highest BCUT2D eigenvalue weighted by molar-refractivity contribution is 7.99. The van der Waals surface area contributed by atoms with Crippen LogP contribution in [0.4, 0.5) is 5.69 Å². The number of hydrogen-bond donors (Lipinski definition) is 0. The Bertz CT molecular complexity index is 1250. The van der Waals surface area contributed by atoms with Crippen molar-refractivity contribution in [1.82, 2.24) is 9.97 Å². The van der Waals surface area contributed by atoms with Crippen LogP contribution in [0.2, 0.25) is 0 Å².